The van der Waals surface area contributed by atoms with E-state index in [2.05, 4.69) is 9.71 Å². The fourth-order valence-electron chi connectivity index (χ4n) is 1.64. The Bertz CT molecular complexity index is 718. The van der Waals surface area contributed by atoms with E-state index < -0.39 is 10.0 Å². The normalized spacial score (nSPS) is 11.3. The van der Waals surface area contributed by atoms with Crippen LogP contribution in [0.4, 0.5) is 11.4 Å². The van der Waals surface area contributed by atoms with Crippen molar-refractivity contribution in [3.8, 4) is 5.75 Å². The lowest BCUT2D eigenvalue weighted by Gasteiger charge is -2.09. The quantitative estimate of drug-likeness (QED) is 0.824. The molecule has 108 valence electrons. The van der Waals surface area contributed by atoms with E-state index in [9.17, 15) is 8.42 Å². The highest BCUT2D eigenvalue weighted by molar-refractivity contribution is 7.92. The van der Waals surface area contributed by atoms with Gasteiger partial charge in [-0.2, -0.15) is 8.42 Å². The first-order chi connectivity index (χ1) is 9.33. The third-order valence-electron chi connectivity index (χ3n) is 2.85. The Labute approximate surface area is 117 Å². The van der Waals surface area contributed by atoms with Crippen molar-refractivity contribution in [1.29, 1.82) is 0 Å². The molecule has 2 rings (SSSR count). The molecule has 3 N–H and O–H groups in total. The number of anilines is 2. The molecule has 0 spiro atoms. The second kappa shape index (κ2) is 5.04. The van der Waals surface area contributed by atoms with Crippen molar-refractivity contribution in [3.63, 3.8) is 0 Å². The van der Waals surface area contributed by atoms with Crippen LogP contribution in [-0.4, -0.2) is 25.1 Å². The molecule has 20 heavy (non-hydrogen) atoms. The zero-order valence-corrected chi connectivity index (χ0v) is 12.2. The fourth-order valence-corrected chi connectivity index (χ4v) is 2.73. The van der Waals surface area contributed by atoms with Crippen LogP contribution in [0, 0.1) is 6.92 Å². The first-order valence-electron chi connectivity index (χ1n) is 5.80. The molecule has 0 aliphatic carbocycles. The van der Waals surface area contributed by atoms with E-state index in [1.807, 2.05) is 0 Å². The highest BCUT2D eigenvalue weighted by Crippen LogP contribution is 2.26. The fraction of sp³-hybridized carbons (Fsp3) is 0.250. The average Bonchev–Trinajstić information content (AvgIpc) is 2.72. The van der Waals surface area contributed by atoms with E-state index in [-0.39, 0.29) is 5.03 Å². The van der Waals surface area contributed by atoms with Gasteiger partial charge in [0.1, 0.15) is 11.6 Å². The molecule has 0 bridgehead atoms. The minimum absolute atomic E-state index is 0.0340. The number of aryl methyl sites for hydroxylation is 2. The van der Waals surface area contributed by atoms with Gasteiger partial charge in [-0.3, -0.25) is 4.72 Å². The van der Waals surface area contributed by atoms with Gasteiger partial charge >= 0.3 is 0 Å². The summed E-state index contributed by atoms with van der Waals surface area (Å²) >= 11 is 0. The van der Waals surface area contributed by atoms with Crippen LogP contribution in [0.1, 0.15) is 5.82 Å². The molecule has 0 unspecified atom stereocenters. The number of nitrogens with zero attached hydrogens (tertiary/aromatic N) is 2. The zero-order chi connectivity index (χ0) is 14.9. The maximum absolute atomic E-state index is 12.2. The van der Waals surface area contributed by atoms with E-state index in [1.165, 1.54) is 19.4 Å². The number of hydrogen-bond donors (Lipinski definition) is 2. The monoisotopic (exact) mass is 296 g/mol. The number of nitrogens with two attached hydrogens (primary N) is 1. The average molecular weight is 296 g/mol. The largest absolute Gasteiger partial charge is 0.495 e. The minimum atomic E-state index is -3.73. The van der Waals surface area contributed by atoms with Gasteiger partial charge in [0, 0.05) is 19.3 Å². The molecule has 0 fully saturated rings. The van der Waals surface area contributed by atoms with Crippen molar-refractivity contribution in [1.82, 2.24) is 9.55 Å². The minimum Gasteiger partial charge on any atom is -0.495 e. The number of nitrogens with one attached hydrogen (secondary N) is 1. The summed E-state index contributed by atoms with van der Waals surface area (Å²) in [6.07, 6.45) is 1.45. The molecule has 0 radical (unpaired) electrons. The summed E-state index contributed by atoms with van der Waals surface area (Å²) in [5, 5.41) is -0.0340. The first-order valence-corrected chi connectivity index (χ1v) is 7.28. The van der Waals surface area contributed by atoms with Crippen LogP contribution in [0.15, 0.2) is 29.4 Å². The molecule has 0 atom stereocenters. The lowest BCUT2D eigenvalue weighted by molar-refractivity contribution is 0.417. The maximum atomic E-state index is 12.2. The number of aromatic nitrogens is 2. The Hall–Kier alpha value is -2.22. The number of sulfonamides is 1. The van der Waals surface area contributed by atoms with E-state index in [1.54, 1.807) is 30.7 Å². The summed E-state index contributed by atoms with van der Waals surface area (Å²) < 4.78 is 33.5. The van der Waals surface area contributed by atoms with Crippen LogP contribution in [0.5, 0.6) is 5.75 Å². The Morgan fingerprint density at radius 1 is 1.40 bits per heavy atom. The van der Waals surface area contributed by atoms with Gasteiger partial charge in [0.15, 0.2) is 5.03 Å². The number of imidazole rings is 1. The number of methoxy groups -OCH3 is 1. The highest BCUT2D eigenvalue weighted by atomic mass is 32.2. The maximum Gasteiger partial charge on any atom is 0.280 e. The van der Waals surface area contributed by atoms with Crippen molar-refractivity contribution in [2.75, 3.05) is 17.6 Å². The van der Waals surface area contributed by atoms with Crippen molar-refractivity contribution in [3.05, 3.63) is 30.2 Å². The second-order valence-electron chi connectivity index (χ2n) is 4.30. The van der Waals surface area contributed by atoms with Crippen LogP contribution < -0.4 is 15.2 Å². The lowest BCUT2D eigenvalue weighted by atomic mass is 10.3. The van der Waals surface area contributed by atoms with Crippen molar-refractivity contribution < 1.29 is 13.2 Å². The predicted molar refractivity (Wildman–Crippen MR) is 76.2 cm³/mol. The molecule has 2 aromatic rings. The van der Waals surface area contributed by atoms with E-state index in [0.717, 1.165) is 0 Å². The third-order valence-corrected chi connectivity index (χ3v) is 4.10. The van der Waals surface area contributed by atoms with Gasteiger partial charge in [0.05, 0.1) is 18.5 Å². The van der Waals surface area contributed by atoms with Crippen LogP contribution in [0.2, 0.25) is 0 Å². The van der Waals surface area contributed by atoms with E-state index in [4.69, 9.17) is 10.5 Å². The number of rotatable bonds is 4. The Kier molecular flexibility index (Phi) is 3.58. The van der Waals surface area contributed by atoms with Crippen molar-refractivity contribution in [2.24, 2.45) is 7.05 Å². The molecular formula is C12H16N4O3S. The molecule has 7 nitrogen and oxygen atoms in total. The molecular weight excluding hydrogens is 280 g/mol. The smallest absolute Gasteiger partial charge is 0.280 e. The van der Waals surface area contributed by atoms with Gasteiger partial charge in [-0.15, -0.1) is 0 Å². The summed E-state index contributed by atoms with van der Waals surface area (Å²) in [7, 11) is -0.537. The standard InChI is InChI=1S/C12H16N4O3S/c1-8-14-12(7-16(8)2)20(17,18)15-9-4-5-10(13)11(6-9)19-3/h4-7,15H,13H2,1-3H3. The second-order valence-corrected chi connectivity index (χ2v) is 5.93. The highest BCUT2D eigenvalue weighted by Gasteiger charge is 2.19. The molecule has 0 saturated carbocycles. The zero-order valence-electron chi connectivity index (χ0n) is 11.4. The van der Waals surface area contributed by atoms with Crippen LogP contribution in [0.25, 0.3) is 0 Å². The van der Waals surface area contributed by atoms with Gasteiger partial charge in [-0.1, -0.05) is 0 Å². The summed E-state index contributed by atoms with van der Waals surface area (Å²) in [4.78, 5) is 3.99. The molecule has 0 aliphatic rings. The van der Waals surface area contributed by atoms with Gasteiger partial charge in [-0.25, -0.2) is 4.98 Å². The van der Waals surface area contributed by atoms with Crippen molar-refractivity contribution in [2.45, 2.75) is 11.9 Å². The Morgan fingerprint density at radius 3 is 2.65 bits per heavy atom. The van der Waals surface area contributed by atoms with Crippen LogP contribution >= 0.6 is 0 Å². The molecule has 1 aromatic heterocycles. The lowest BCUT2D eigenvalue weighted by Crippen LogP contribution is -2.13. The Morgan fingerprint density at radius 2 is 2.10 bits per heavy atom. The number of benzene rings is 1. The number of hydrogen-bond acceptors (Lipinski definition) is 5. The molecule has 0 amide bonds. The first kappa shape index (κ1) is 14.2. The molecule has 0 aliphatic heterocycles. The summed E-state index contributed by atoms with van der Waals surface area (Å²) in [5.74, 6) is 1.02. The predicted octanol–water partition coefficient (Wildman–Crippen LogP) is 1.12. The van der Waals surface area contributed by atoms with Crippen molar-refractivity contribution >= 4 is 21.4 Å². The van der Waals surface area contributed by atoms with Crippen LogP contribution in [-0.2, 0) is 17.1 Å². The molecule has 0 saturated heterocycles. The number of nitrogen functional groups attached to an aromatic ring is 1. The molecule has 1 aromatic carbocycles. The van der Waals surface area contributed by atoms with Gasteiger partial charge < -0.3 is 15.0 Å². The molecule has 1 heterocycles. The van der Waals surface area contributed by atoms with Crippen LogP contribution in [0.3, 0.4) is 0 Å². The topological polar surface area (TPSA) is 99.2 Å². The summed E-state index contributed by atoms with van der Waals surface area (Å²) in [6, 6.07) is 4.65. The van der Waals surface area contributed by atoms with Gasteiger partial charge in [-0.05, 0) is 19.1 Å². The molecule has 8 heteroatoms. The Balaban J connectivity index is 2.33. The number of ether oxygens (including phenoxy) is 1. The van der Waals surface area contributed by atoms with E-state index in [0.29, 0.717) is 22.9 Å². The van der Waals surface area contributed by atoms with Gasteiger partial charge in [0.2, 0.25) is 0 Å². The summed E-state index contributed by atoms with van der Waals surface area (Å²) in [5.41, 5.74) is 6.48. The summed E-state index contributed by atoms with van der Waals surface area (Å²) in [6.45, 7) is 1.73. The SMILES string of the molecule is COc1cc(NS(=O)(=O)c2cn(C)c(C)n2)ccc1N. The van der Waals surface area contributed by atoms with E-state index >= 15 is 0 Å². The van der Waals surface area contributed by atoms with Gasteiger partial charge in [0.25, 0.3) is 10.0 Å². The third kappa shape index (κ3) is 2.69.